The number of amides is 2. The molecule has 0 bridgehead atoms. The molecular formula is C22H26FN3O2. The van der Waals surface area contributed by atoms with Crippen molar-refractivity contribution in [2.75, 3.05) is 31.1 Å². The second-order valence-electron chi connectivity index (χ2n) is 7.55. The molecule has 1 heterocycles. The van der Waals surface area contributed by atoms with E-state index in [1.54, 1.807) is 30.9 Å². The third-order valence-electron chi connectivity index (χ3n) is 5.16. The highest BCUT2D eigenvalue weighted by Crippen LogP contribution is 2.22. The minimum absolute atomic E-state index is 0.170. The van der Waals surface area contributed by atoms with Gasteiger partial charge in [0, 0.05) is 38.4 Å². The number of carbonyl (C=O) groups is 2. The largest absolute Gasteiger partial charge is 0.368 e. The van der Waals surface area contributed by atoms with Crippen LogP contribution in [-0.2, 0) is 16.1 Å². The van der Waals surface area contributed by atoms with Crippen LogP contribution >= 0.6 is 0 Å². The van der Waals surface area contributed by atoms with Crippen LogP contribution in [0.4, 0.5) is 10.1 Å². The molecule has 0 aromatic heterocycles. The fourth-order valence-corrected chi connectivity index (χ4v) is 3.30. The summed E-state index contributed by atoms with van der Waals surface area (Å²) >= 11 is 0. The van der Waals surface area contributed by atoms with Gasteiger partial charge in [-0.25, -0.2) is 4.39 Å². The summed E-state index contributed by atoms with van der Waals surface area (Å²) in [5, 5.41) is 2.79. The molecule has 0 spiro atoms. The molecule has 0 atom stereocenters. The van der Waals surface area contributed by atoms with Crippen LogP contribution in [0.1, 0.15) is 19.4 Å². The zero-order valence-electron chi connectivity index (χ0n) is 16.3. The number of nitrogens with one attached hydrogen (secondary N) is 1. The SMILES string of the molecule is CC(C)(C(=O)NCc1ccc(F)cc1)C(=O)N1CCN(c2ccccc2)CC1. The van der Waals surface area contributed by atoms with E-state index in [1.807, 2.05) is 18.2 Å². The lowest BCUT2D eigenvalue weighted by Crippen LogP contribution is -2.55. The Balaban J connectivity index is 1.55. The van der Waals surface area contributed by atoms with E-state index in [4.69, 9.17) is 0 Å². The number of hydrogen-bond acceptors (Lipinski definition) is 3. The van der Waals surface area contributed by atoms with E-state index in [0.29, 0.717) is 13.1 Å². The van der Waals surface area contributed by atoms with Crippen molar-refractivity contribution in [3.63, 3.8) is 0 Å². The first-order valence-electron chi connectivity index (χ1n) is 9.50. The Hall–Kier alpha value is -2.89. The van der Waals surface area contributed by atoms with Crippen molar-refractivity contribution in [3.8, 4) is 0 Å². The van der Waals surface area contributed by atoms with Gasteiger partial charge in [-0.15, -0.1) is 0 Å². The zero-order chi connectivity index (χ0) is 20.1. The normalized spacial score (nSPS) is 14.7. The number of carbonyl (C=O) groups excluding carboxylic acids is 2. The van der Waals surface area contributed by atoms with E-state index in [9.17, 15) is 14.0 Å². The molecule has 3 rings (SSSR count). The molecule has 2 aromatic carbocycles. The molecule has 0 saturated carbocycles. The first-order valence-corrected chi connectivity index (χ1v) is 9.50. The summed E-state index contributed by atoms with van der Waals surface area (Å²) in [4.78, 5) is 29.6. The molecule has 0 unspecified atom stereocenters. The molecule has 2 aromatic rings. The molecule has 5 nitrogen and oxygen atoms in total. The minimum Gasteiger partial charge on any atom is -0.368 e. The monoisotopic (exact) mass is 383 g/mol. The lowest BCUT2D eigenvalue weighted by Gasteiger charge is -2.39. The molecule has 1 N–H and O–H groups in total. The van der Waals surface area contributed by atoms with Gasteiger partial charge in [0.2, 0.25) is 11.8 Å². The highest BCUT2D eigenvalue weighted by Gasteiger charge is 2.39. The van der Waals surface area contributed by atoms with Gasteiger partial charge in [-0.05, 0) is 43.7 Å². The first kappa shape index (κ1) is 19.9. The van der Waals surface area contributed by atoms with Gasteiger partial charge >= 0.3 is 0 Å². The Kier molecular flexibility index (Phi) is 5.97. The number of anilines is 1. The molecule has 1 fully saturated rings. The third kappa shape index (κ3) is 4.50. The van der Waals surface area contributed by atoms with E-state index in [-0.39, 0.29) is 24.2 Å². The number of benzene rings is 2. The summed E-state index contributed by atoms with van der Waals surface area (Å²) in [5.41, 5.74) is 0.773. The summed E-state index contributed by atoms with van der Waals surface area (Å²) in [6, 6.07) is 16.0. The van der Waals surface area contributed by atoms with Crippen LogP contribution in [0.5, 0.6) is 0 Å². The number of nitrogens with zero attached hydrogens (tertiary/aromatic N) is 2. The molecule has 148 valence electrons. The van der Waals surface area contributed by atoms with Crippen molar-refractivity contribution in [2.24, 2.45) is 5.41 Å². The number of rotatable bonds is 5. The molecule has 0 radical (unpaired) electrons. The van der Waals surface area contributed by atoms with Gasteiger partial charge in [0.1, 0.15) is 11.2 Å². The molecule has 28 heavy (non-hydrogen) atoms. The number of para-hydroxylation sites is 1. The van der Waals surface area contributed by atoms with Crippen LogP contribution in [0.3, 0.4) is 0 Å². The van der Waals surface area contributed by atoms with E-state index in [0.717, 1.165) is 24.3 Å². The maximum Gasteiger partial charge on any atom is 0.237 e. The lowest BCUT2D eigenvalue weighted by molar-refractivity contribution is -0.148. The van der Waals surface area contributed by atoms with Crippen LogP contribution < -0.4 is 10.2 Å². The fourth-order valence-electron chi connectivity index (χ4n) is 3.30. The van der Waals surface area contributed by atoms with Crippen LogP contribution in [0.25, 0.3) is 0 Å². The van der Waals surface area contributed by atoms with Crippen molar-refractivity contribution >= 4 is 17.5 Å². The average Bonchev–Trinajstić information content (AvgIpc) is 2.73. The molecule has 1 saturated heterocycles. The highest BCUT2D eigenvalue weighted by atomic mass is 19.1. The highest BCUT2D eigenvalue weighted by molar-refractivity contribution is 6.04. The third-order valence-corrected chi connectivity index (χ3v) is 5.16. The summed E-state index contributed by atoms with van der Waals surface area (Å²) in [5.74, 6) is -0.815. The van der Waals surface area contributed by atoms with Gasteiger partial charge in [-0.2, -0.15) is 0 Å². The fraction of sp³-hybridized carbons (Fsp3) is 0.364. The van der Waals surface area contributed by atoms with Crippen molar-refractivity contribution in [2.45, 2.75) is 20.4 Å². The van der Waals surface area contributed by atoms with E-state index in [2.05, 4.69) is 22.3 Å². The number of halogens is 1. The number of piperazine rings is 1. The molecule has 1 aliphatic heterocycles. The van der Waals surface area contributed by atoms with Gasteiger partial charge in [0.15, 0.2) is 0 Å². The van der Waals surface area contributed by atoms with Gasteiger partial charge in [0.25, 0.3) is 0 Å². The smallest absolute Gasteiger partial charge is 0.237 e. The first-order chi connectivity index (χ1) is 13.4. The second kappa shape index (κ2) is 8.42. The van der Waals surface area contributed by atoms with Crippen LogP contribution in [-0.4, -0.2) is 42.9 Å². The van der Waals surface area contributed by atoms with Gasteiger partial charge in [-0.3, -0.25) is 9.59 Å². The predicted octanol–water partition coefficient (Wildman–Crippen LogP) is 2.82. The van der Waals surface area contributed by atoms with Crippen LogP contribution in [0, 0.1) is 11.2 Å². The van der Waals surface area contributed by atoms with Crippen LogP contribution in [0.15, 0.2) is 54.6 Å². The maximum absolute atomic E-state index is 13.0. The Labute approximate surface area is 165 Å². The van der Waals surface area contributed by atoms with Gasteiger partial charge < -0.3 is 15.1 Å². The zero-order valence-corrected chi connectivity index (χ0v) is 16.3. The standard InChI is InChI=1S/C22H26FN3O2/c1-22(2,20(27)24-16-17-8-10-18(23)11-9-17)21(28)26-14-12-25(13-15-26)19-6-4-3-5-7-19/h3-11H,12-16H2,1-2H3,(H,24,27). The van der Waals surface area contributed by atoms with Gasteiger partial charge in [0.05, 0.1) is 0 Å². The Morgan fingerprint density at radius 3 is 2.18 bits per heavy atom. The summed E-state index contributed by atoms with van der Waals surface area (Å²) in [7, 11) is 0. The summed E-state index contributed by atoms with van der Waals surface area (Å²) in [6.07, 6.45) is 0. The second-order valence-corrected chi connectivity index (χ2v) is 7.55. The topological polar surface area (TPSA) is 52.7 Å². The van der Waals surface area contributed by atoms with E-state index < -0.39 is 5.41 Å². The maximum atomic E-state index is 13.0. The molecule has 2 amide bonds. The Morgan fingerprint density at radius 1 is 0.964 bits per heavy atom. The van der Waals surface area contributed by atoms with Gasteiger partial charge in [-0.1, -0.05) is 30.3 Å². The van der Waals surface area contributed by atoms with Crippen LogP contribution in [0.2, 0.25) is 0 Å². The quantitative estimate of drug-likeness (QED) is 0.808. The number of hydrogen-bond donors (Lipinski definition) is 1. The Morgan fingerprint density at radius 2 is 1.57 bits per heavy atom. The lowest BCUT2D eigenvalue weighted by atomic mass is 9.89. The van der Waals surface area contributed by atoms with Crippen molar-refractivity contribution in [1.82, 2.24) is 10.2 Å². The average molecular weight is 383 g/mol. The predicted molar refractivity (Wildman–Crippen MR) is 107 cm³/mol. The molecular weight excluding hydrogens is 357 g/mol. The molecule has 6 heteroatoms. The molecule has 0 aliphatic carbocycles. The van der Waals surface area contributed by atoms with Crippen molar-refractivity contribution in [3.05, 3.63) is 66.0 Å². The van der Waals surface area contributed by atoms with Crippen molar-refractivity contribution in [1.29, 1.82) is 0 Å². The van der Waals surface area contributed by atoms with Crippen molar-refractivity contribution < 1.29 is 14.0 Å². The summed E-state index contributed by atoms with van der Waals surface area (Å²) < 4.78 is 13.0. The summed E-state index contributed by atoms with van der Waals surface area (Å²) in [6.45, 7) is 6.21. The van der Waals surface area contributed by atoms with E-state index in [1.165, 1.54) is 12.1 Å². The molecule has 1 aliphatic rings. The Bertz CT molecular complexity index is 813. The minimum atomic E-state index is -1.16. The van der Waals surface area contributed by atoms with E-state index >= 15 is 0 Å².